The van der Waals surface area contributed by atoms with Gasteiger partial charge in [-0.3, -0.25) is 20.7 Å². The second-order valence-electron chi connectivity index (χ2n) is 10.3. The van der Waals surface area contributed by atoms with Crippen LogP contribution in [0, 0.1) is 17.1 Å². The molecule has 2 amide bonds. The van der Waals surface area contributed by atoms with Crippen molar-refractivity contribution in [3.8, 4) is 5.75 Å². The number of hydrogen-bond donors (Lipinski definition) is 5. The summed E-state index contributed by atoms with van der Waals surface area (Å²) in [4.78, 5) is 23.5. The molecule has 3 unspecified atom stereocenters. The molecule has 1 heterocycles. The number of benzene rings is 1. The van der Waals surface area contributed by atoms with Gasteiger partial charge in [0.1, 0.15) is 5.60 Å². The van der Waals surface area contributed by atoms with Gasteiger partial charge >= 0.3 is 0 Å². The fraction of sp³-hybridized carbons (Fsp3) is 0.654. The fourth-order valence-electron chi connectivity index (χ4n) is 4.38. The average molecular weight is 506 g/mol. The van der Waals surface area contributed by atoms with E-state index in [-0.39, 0.29) is 30.2 Å². The third kappa shape index (κ3) is 7.32. The van der Waals surface area contributed by atoms with E-state index in [4.69, 9.17) is 16.0 Å². The monoisotopic (exact) mass is 505 g/mol. The zero-order valence-electron chi connectivity index (χ0n) is 21.3. The number of nitrogens with one attached hydrogen (secondary N) is 3. The summed E-state index contributed by atoms with van der Waals surface area (Å²) in [5, 5.41) is 26.3. The molecule has 6 N–H and O–H groups in total. The highest BCUT2D eigenvalue weighted by molar-refractivity contribution is 6.02. The molecule has 9 nitrogen and oxygen atoms in total. The van der Waals surface area contributed by atoms with Gasteiger partial charge in [0.25, 0.3) is 0 Å². The predicted octanol–water partition coefficient (Wildman–Crippen LogP) is 2.36. The Labute approximate surface area is 212 Å². The van der Waals surface area contributed by atoms with E-state index >= 15 is 0 Å². The number of rotatable bonds is 15. The quantitative estimate of drug-likeness (QED) is 0.0810. The van der Waals surface area contributed by atoms with E-state index in [0.29, 0.717) is 50.3 Å². The lowest BCUT2D eigenvalue weighted by Gasteiger charge is -2.35. The normalized spacial score (nSPS) is 22.7. The van der Waals surface area contributed by atoms with Crippen molar-refractivity contribution >= 4 is 18.0 Å². The van der Waals surface area contributed by atoms with E-state index < -0.39 is 17.0 Å². The number of nitrogens with zero attached hydrogens (tertiary/aromatic N) is 1. The van der Waals surface area contributed by atoms with E-state index in [1.54, 1.807) is 19.1 Å². The Morgan fingerprint density at radius 1 is 1.42 bits per heavy atom. The van der Waals surface area contributed by atoms with Crippen molar-refractivity contribution in [1.82, 2.24) is 15.6 Å². The minimum Gasteiger partial charge on any atom is -0.490 e. The minimum atomic E-state index is -1.33. The summed E-state index contributed by atoms with van der Waals surface area (Å²) in [7, 11) is 0. The molecule has 1 aromatic carbocycles. The van der Waals surface area contributed by atoms with Crippen LogP contribution in [0.1, 0.15) is 70.8 Å². The number of carbonyl (C=O) groups is 2. The highest BCUT2D eigenvalue weighted by Crippen LogP contribution is 2.33. The van der Waals surface area contributed by atoms with Gasteiger partial charge in [-0.15, -0.1) is 0 Å². The van der Waals surface area contributed by atoms with Crippen molar-refractivity contribution in [3.05, 3.63) is 29.6 Å². The van der Waals surface area contributed by atoms with Crippen LogP contribution in [0.5, 0.6) is 5.75 Å². The van der Waals surface area contributed by atoms with Crippen LogP contribution >= 0.6 is 0 Å². The maximum atomic E-state index is 14.2. The number of aliphatic hydroxyl groups is 1. The first-order valence-corrected chi connectivity index (χ1v) is 12.9. The molecule has 2 fully saturated rings. The van der Waals surface area contributed by atoms with Crippen LogP contribution in [-0.4, -0.2) is 59.4 Å². The van der Waals surface area contributed by atoms with Crippen molar-refractivity contribution in [2.75, 3.05) is 19.7 Å². The standard InChI is InChI=1S/C26H40FN5O4/c1-3-26(35,19-9-10-21(27)22(14-19)36-16-18-7-8-18)17-32(29)20(15-28)6-4-5-13-30-25(2)12-11-23(33)31-24(25)34/h9-10,14-15,18,20,28,30,35H,3-8,11-13,16-17,29H2,1-2H3,(H,31,33,34). The molecular formula is C26H40FN5O4. The number of hydrogen-bond acceptors (Lipinski definition) is 8. The summed E-state index contributed by atoms with van der Waals surface area (Å²) >= 11 is 0. The van der Waals surface area contributed by atoms with Gasteiger partial charge in [-0.1, -0.05) is 19.4 Å². The number of amides is 2. The molecule has 2 aliphatic rings. The summed E-state index contributed by atoms with van der Waals surface area (Å²) in [5.74, 6) is 5.91. The Morgan fingerprint density at radius 3 is 2.81 bits per heavy atom. The molecule has 10 heteroatoms. The maximum Gasteiger partial charge on any atom is 0.246 e. The highest BCUT2D eigenvalue weighted by atomic mass is 19.1. The van der Waals surface area contributed by atoms with Crippen molar-refractivity contribution in [3.63, 3.8) is 0 Å². The Balaban J connectivity index is 1.51. The molecule has 1 aliphatic carbocycles. The average Bonchev–Trinajstić information content (AvgIpc) is 3.68. The molecule has 36 heavy (non-hydrogen) atoms. The molecule has 3 atom stereocenters. The molecule has 1 saturated carbocycles. The zero-order valence-corrected chi connectivity index (χ0v) is 21.3. The van der Waals surface area contributed by atoms with Crippen LogP contribution in [0.2, 0.25) is 0 Å². The molecule has 0 radical (unpaired) electrons. The lowest BCUT2D eigenvalue weighted by molar-refractivity contribution is -0.138. The van der Waals surface area contributed by atoms with E-state index in [2.05, 4.69) is 10.6 Å². The van der Waals surface area contributed by atoms with Crippen LogP contribution in [0.3, 0.4) is 0 Å². The topological polar surface area (TPSA) is 141 Å². The maximum absolute atomic E-state index is 14.2. The van der Waals surface area contributed by atoms with Crippen LogP contribution in [-0.2, 0) is 15.2 Å². The molecule has 0 spiro atoms. The second kappa shape index (κ2) is 12.2. The molecule has 1 saturated heterocycles. The SMILES string of the molecule is CCC(O)(CN(N)C(C=N)CCCCNC1(C)CCC(=O)NC1=O)c1ccc(F)c(OCC2CC2)c1. The van der Waals surface area contributed by atoms with Gasteiger partial charge in [0.05, 0.1) is 18.2 Å². The van der Waals surface area contributed by atoms with Crippen LogP contribution in [0.4, 0.5) is 4.39 Å². The molecule has 200 valence electrons. The van der Waals surface area contributed by atoms with Crippen molar-refractivity contribution in [1.29, 1.82) is 5.41 Å². The van der Waals surface area contributed by atoms with Gasteiger partial charge in [-0.2, -0.15) is 0 Å². The number of unbranched alkanes of at least 4 members (excludes halogenated alkanes) is 1. The number of hydrazine groups is 1. The Kier molecular flexibility index (Phi) is 9.57. The summed E-state index contributed by atoms with van der Waals surface area (Å²) < 4.78 is 19.9. The fourth-order valence-corrected chi connectivity index (χ4v) is 4.38. The van der Waals surface area contributed by atoms with E-state index in [1.807, 2.05) is 6.92 Å². The molecular weight excluding hydrogens is 465 g/mol. The summed E-state index contributed by atoms with van der Waals surface area (Å²) in [6.45, 7) is 4.76. The molecule has 0 aromatic heterocycles. The smallest absolute Gasteiger partial charge is 0.246 e. The first kappa shape index (κ1) is 28.2. The molecule has 0 bridgehead atoms. The zero-order chi connectivity index (χ0) is 26.3. The predicted molar refractivity (Wildman–Crippen MR) is 135 cm³/mol. The van der Waals surface area contributed by atoms with Crippen LogP contribution in [0.25, 0.3) is 0 Å². The summed E-state index contributed by atoms with van der Waals surface area (Å²) in [6.07, 6.45) is 6.69. The number of piperidine rings is 1. The second-order valence-corrected chi connectivity index (χ2v) is 10.3. The lowest BCUT2D eigenvalue weighted by Crippen LogP contribution is -2.59. The first-order chi connectivity index (χ1) is 17.1. The van der Waals surface area contributed by atoms with Gasteiger partial charge in [0.2, 0.25) is 11.8 Å². The largest absolute Gasteiger partial charge is 0.490 e. The van der Waals surface area contributed by atoms with Gasteiger partial charge < -0.3 is 20.6 Å². The van der Waals surface area contributed by atoms with Crippen molar-refractivity contribution < 1.29 is 23.8 Å². The number of halogens is 1. The van der Waals surface area contributed by atoms with Gasteiger partial charge in [0.15, 0.2) is 11.6 Å². The molecule has 3 rings (SSSR count). The first-order valence-electron chi connectivity index (χ1n) is 12.9. The van der Waals surface area contributed by atoms with E-state index in [0.717, 1.165) is 25.7 Å². The van der Waals surface area contributed by atoms with Gasteiger partial charge in [-0.05, 0) is 75.6 Å². The number of carbonyl (C=O) groups excluding carboxylic acids is 2. The highest BCUT2D eigenvalue weighted by Gasteiger charge is 2.37. The van der Waals surface area contributed by atoms with Gasteiger partial charge in [0, 0.05) is 19.2 Å². The minimum absolute atomic E-state index is 0.0712. The Bertz CT molecular complexity index is 943. The lowest BCUT2D eigenvalue weighted by atomic mass is 9.90. The van der Waals surface area contributed by atoms with Crippen LogP contribution in [0.15, 0.2) is 18.2 Å². The van der Waals surface area contributed by atoms with Crippen molar-refractivity contribution in [2.24, 2.45) is 11.8 Å². The third-order valence-corrected chi connectivity index (χ3v) is 7.34. The van der Waals surface area contributed by atoms with Gasteiger partial charge in [-0.25, -0.2) is 9.40 Å². The number of ether oxygens (including phenoxy) is 1. The van der Waals surface area contributed by atoms with E-state index in [9.17, 15) is 19.1 Å². The third-order valence-electron chi connectivity index (χ3n) is 7.34. The Hall–Kier alpha value is -2.40. The summed E-state index contributed by atoms with van der Waals surface area (Å²) in [5.41, 5.74) is -1.57. The van der Waals surface area contributed by atoms with Crippen molar-refractivity contribution in [2.45, 2.75) is 82.4 Å². The Morgan fingerprint density at radius 2 is 2.17 bits per heavy atom. The number of nitrogens with two attached hydrogens (primary N) is 1. The number of imide groups is 1. The molecule has 1 aliphatic heterocycles. The van der Waals surface area contributed by atoms with Crippen LogP contribution < -0.4 is 21.2 Å². The molecule has 1 aromatic rings. The van der Waals surface area contributed by atoms with E-state index in [1.165, 1.54) is 17.3 Å². The summed E-state index contributed by atoms with van der Waals surface area (Å²) in [6, 6.07) is 4.02.